The largest absolute Gasteiger partial charge is 0.394 e. The van der Waals surface area contributed by atoms with Crippen LogP contribution in [0.15, 0.2) is 47.6 Å². The Morgan fingerprint density at radius 2 is 2.08 bits per heavy atom. The van der Waals surface area contributed by atoms with Gasteiger partial charge in [-0.25, -0.2) is 8.78 Å². The van der Waals surface area contributed by atoms with Crippen LogP contribution in [0, 0.1) is 11.6 Å². The number of benzene rings is 1. The lowest BCUT2D eigenvalue weighted by molar-refractivity contribution is 0.0911. The number of aromatic amines is 1. The number of hydrogen-bond acceptors (Lipinski definition) is 4. The van der Waals surface area contributed by atoms with Gasteiger partial charge in [0.05, 0.1) is 18.3 Å². The first kappa shape index (κ1) is 19.2. The topological polar surface area (TPSA) is 90.4 Å². The van der Waals surface area contributed by atoms with Crippen LogP contribution in [0.3, 0.4) is 0 Å². The van der Waals surface area contributed by atoms with E-state index in [9.17, 15) is 18.7 Å². The zero-order valence-corrected chi connectivity index (χ0v) is 14.0. The lowest BCUT2D eigenvalue weighted by Crippen LogP contribution is -2.31. The van der Waals surface area contributed by atoms with Gasteiger partial charge in [-0.15, -0.1) is 0 Å². The fourth-order valence-electron chi connectivity index (χ4n) is 2.30. The molecule has 0 saturated heterocycles. The van der Waals surface area contributed by atoms with Crippen LogP contribution < -0.4 is 5.32 Å². The molecule has 0 saturated carbocycles. The molecular weight excluding hydrogens is 342 g/mol. The number of allylic oxidation sites excluding steroid dienone is 3. The van der Waals surface area contributed by atoms with E-state index < -0.39 is 30.2 Å². The van der Waals surface area contributed by atoms with Crippen LogP contribution >= 0.6 is 0 Å². The standard InChI is InChI=1S/C18H18F2N4O2/c1-3-11(4-5-21-2)15-9-16(24-23-15)18(26)22-17(10-25)12-6-13(19)8-14(20)7-12/h3-9,17,25H,2,10H2,1H3,(H,22,26)(H,23,24)/b5-4-,11-3+. The van der Waals surface area contributed by atoms with Crippen LogP contribution in [0.4, 0.5) is 8.78 Å². The predicted molar refractivity (Wildman–Crippen MR) is 94.6 cm³/mol. The summed E-state index contributed by atoms with van der Waals surface area (Å²) in [6, 6.07) is 3.35. The Morgan fingerprint density at radius 1 is 1.38 bits per heavy atom. The minimum absolute atomic E-state index is 0.0645. The zero-order chi connectivity index (χ0) is 19.1. The molecule has 8 heteroatoms. The summed E-state index contributed by atoms with van der Waals surface area (Å²) < 4.78 is 26.7. The molecule has 1 heterocycles. The van der Waals surface area contributed by atoms with E-state index in [2.05, 4.69) is 27.2 Å². The molecule has 1 amide bonds. The summed E-state index contributed by atoms with van der Waals surface area (Å²) in [5.74, 6) is -2.19. The SMILES string of the molecule is C=N/C=C\C(=C/C)c1cc(C(=O)NC(CO)c2cc(F)cc(F)c2)n[nH]1. The lowest BCUT2D eigenvalue weighted by Gasteiger charge is -2.16. The first-order chi connectivity index (χ1) is 12.5. The molecular formula is C18H18F2N4O2. The summed E-state index contributed by atoms with van der Waals surface area (Å²) in [6.45, 7) is 4.63. The molecule has 0 aliphatic carbocycles. The van der Waals surface area contributed by atoms with Gasteiger partial charge in [0, 0.05) is 12.3 Å². The highest BCUT2D eigenvalue weighted by Crippen LogP contribution is 2.18. The second kappa shape index (κ2) is 8.82. The van der Waals surface area contributed by atoms with Gasteiger partial charge in [-0.1, -0.05) is 6.08 Å². The van der Waals surface area contributed by atoms with Gasteiger partial charge in [-0.05, 0) is 49.1 Å². The number of aliphatic hydroxyl groups excluding tert-OH is 1. The number of halogens is 2. The molecule has 26 heavy (non-hydrogen) atoms. The molecule has 3 N–H and O–H groups in total. The molecule has 0 fully saturated rings. The molecule has 2 rings (SSSR count). The van der Waals surface area contributed by atoms with Gasteiger partial charge in [0.25, 0.3) is 5.91 Å². The molecule has 1 aromatic carbocycles. The Bertz CT molecular complexity index is 838. The monoisotopic (exact) mass is 360 g/mol. The molecule has 0 aliphatic rings. The minimum atomic E-state index is -0.973. The van der Waals surface area contributed by atoms with E-state index in [-0.39, 0.29) is 11.3 Å². The van der Waals surface area contributed by atoms with Crippen LogP contribution in [0.5, 0.6) is 0 Å². The second-order valence-electron chi connectivity index (χ2n) is 5.32. The van der Waals surface area contributed by atoms with Gasteiger partial charge >= 0.3 is 0 Å². The van der Waals surface area contributed by atoms with Crippen LogP contribution in [-0.4, -0.2) is 34.5 Å². The number of aliphatic imine (C=N–C) groups is 1. The predicted octanol–water partition coefficient (Wildman–Crippen LogP) is 2.77. The third-order valence-corrected chi connectivity index (χ3v) is 3.57. The highest BCUT2D eigenvalue weighted by molar-refractivity contribution is 5.93. The summed E-state index contributed by atoms with van der Waals surface area (Å²) >= 11 is 0. The van der Waals surface area contributed by atoms with E-state index in [0.717, 1.165) is 17.7 Å². The first-order valence-corrected chi connectivity index (χ1v) is 7.70. The Hall–Kier alpha value is -3.13. The zero-order valence-electron chi connectivity index (χ0n) is 14.0. The quantitative estimate of drug-likeness (QED) is 0.524. The number of nitrogens with one attached hydrogen (secondary N) is 2. The molecule has 0 bridgehead atoms. The number of aliphatic hydroxyl groups is 1. The summed E-state index contributed by atoms with van der Waals surface area (Å²) in [6.07, 6.45) is 4.98. The fourth-order valence-corrected chi connectivity index (χ4v) is 2.30. The van der Waals surface area contributed by atoms with Crippen molar-refractivity contribution in [2.24, 2.45) is 4.99 Å². The van der Waals surface area contributed by atoms with Gasteiger partial charge < -0.3 is 10.4 Å². The van der Waals surface area contributed by atoms with Crippen molar-refractivity contribution in [3.8, 4) is 0 Å². The van der Waals surface area contributed by atoms with Crippen LogP contribution in [-0.2, 0) is 0 Å². The molecule has 2 aromatic rings. The van der Waals surface area contributed by atoms with E-state index in [1.54, 1.807) is 12.2 Å². The van der Waals surface area contributed by atoms with E-state index in [0.29, 0.717) is 11.8 Å². The average Bonchev–Trinajstić information content (AvgIpc) is 3.09. The van der Waals surface area contributed by atoms with Gasteiger partial charge in [-0.2, -0.15) is 5.10 Å². The Morgan fingerprint density at radius 3 is 2.65 bits per heavy atom. The molecule has 136 valence electrons. The lowest BCUT2D eigenvalue weighted by atomic mass is 10.1. The smallest absolute Gasteiger partial charge is 0.272 e. The molecule has 0 aliphatic heterocycles. The number of rotatable bonds is 7. The van der Waals surface area contributed by atoms with Crippen molar-refractivity contribution >= 4 is 18.2 Å². The first-order valence-electron chi connectivity index (χ1n) is 7.70. The molecule has 1 atom stereocenters. The van der Waals surface area contributed by atoms with Crippen molar-refractivity contribution in [3.63, 3.8) is 0 Å². The summed E-state index contributed by atoms with van der Waals surface area (Å²) in [5, 5.41) is 18.6. The van der Waals surface area contributed by atoms with Gasteiger partial charge in [-0.3, -0.25) is 14.9 Å². The normalized spacial score (nSPS) is 13.0. The van der Waals surface area contributed by atoms with Crippen LogP contribution in [0.1, 0.15) is 34.7 Å². The summed E-state index contributed by atoms with van der Waals surface area (Å²) in [5.41, 5.74) is 1.50. The fraction of sp³-hybridized carbons (Fsp3) is 0.167. The summed E-state index contributed by atoms with van der Waals surface area (Å²) in [4.78, 5) is 16.0. The van der Waals surface area contributed by atoms with Gasteiger partial charge in [0.2, 0.25) is 0 Å². The molecule has 6 nitrogen and oxygen atoms in total. The maximum Gasteiger partial charge on any atom is 0.272 e. The van der Waals surface area contributed by atoms with Crippen molar-refractivity contribution in [2.45, 2.75) is 13.0 Å². The Balaban J connectivity index is 2.18. The third-order valence-electron chi connectivity index (χ3n) is 3.57. The number of hydrogen-bond donors (Lipinski definition) is 3. The number of carbonyl (C=O) groups excluding carboxylic acids is 1. The number of aromatic nitrogens is 2. The van der Waals surface area contributed by atoms with Crippen molar-refractivity contribution in [3.05, 3.63) is 71.2 Å². The summed E-state index contributed by atoms with van der Waals surface area (Å²) in [7, 11) is 0. The van der Waals surface area contributed by atoms with E-state index in [4.69, 9.17) is 0 Å². The molecule has 0 spiro atoms. The molecule has 1 aromatic heterocycles. The minimum Gasteiger partial charge on any atom is -0.394 e. The van der Waals surface area contributed by atoms with Crippen LogP contribution in [0.2, 0.25) is 0 Å². The number of nitrogens with zero attached hydrogens (tertiary/aromatic N) is 2. The van der Waals surface area contributed by atoms with Crippen LogP contribution in [0.25, 0.3) is 5.57 Å². The maximum absolute atomic E-state index is 13.3. The highest BCUT2D eigenvalue weighted by Gasteiger charge is 2.19. The third kappa shape index (κ3) is 4.70. The van der Waals surface area contributed by atoms with Gasteiger partial charge in [0.15, 0.2) is 5.69 Å². The van der Waals surface area contributed by atoms with Crippen molar-refractivity contribution in [1.82, 2.24) is 15.5 Å². The average molecular weight is 360 g/mol. The molecule has 0 radical (unpaired) electrons. The van der Waals surface area contributed by atoms with Gasteiger partial charge in [0.1, 0.15) is 11.6 Å². The molecule has 1 unspecified atom stereocenters. The maximum atomic E-state index is 13.3. The van der Waals surface area contributed by atoms with E-state index >= 15 is 0 Å². The number of amides is 1. The van der Waals surface area contributed by atoms with Crippen molar-refractivity contribution in [2.75, 3.05) is 6.61 Å². The Labute approximate surface area is 149 Å². The number of H-pyrrole nitrogens is 1. The Kier molecular flexibility index (Phi) is 6.51. The van der Waals surface area contributed by atoms with E-state index in [1.807, 2.05) is 6.92 Å². The second-order valence-corrected chi connectivity index (χ2v) is 5.32. The van der Waals surface area contributed by atoms with Crippen molar-refractivity contribution < 1.29 is 18.7 Å². The highest BCUT2D eigenvalue weighted by atomic mass is 19.1. The number of carbonyl (C=O) groups is 1. The van der Waals surface area contributed by atoms with Crippen molar-refractivity contribution in [1.29, 1.82) is 0 Å². The van der Waals surface area contributed by atoms with E-state index in [1.165, 1.54) is 12.3 Å².